The summed E-state index contributed by atoms with van der Waals surface area (Å²) in [5.41, 5.74) is -0.749. The third kappa shape index (κ3) is 3.09. The van der Waals surface area contributed by atoms with E-state index in [1.54, 1.807) is 0 Å². The molecule has 2 fully saturated rings. The molecule has 2 atom stereocenters. The number of amides is 1. The van der Waals surface area contributed by atoms with Crippen molar-refractivity contribution in [2.45, 2.75) is 44.2 Å². The van der Waals surface area contributed by atoms with Crippen molar-refractivity contribution in [2.24, 2.45) is 0 Å². The van der Waals surface area contributed by atoms with E-state index in [4.69, 9.17) is 14.2 Å². The van der Waals surface area contributed by atoms with Gasteiger partial charge in [-0.25, -0.2) is 9.59 Å². The lowest BCUT2D eigenvalue weighted by Crippen LogP contribution is -2.54. The molecule has 0 saturated carbocycles. The summed E-state index contributed by atoms with van der Waals surface area (Å²) in [7, 11) is 0. The molecular formula is C17H21NO6. The first kappa shape index (κ1) is 16.7. The topological polar surface area (TPSA) is 85.3 Å². The van der Waals surface area contributed by atoms with Crippen LogP contribution in [0.1, 0.15) is 25.8 Å². The van der Waals surface area contributed by atoms with Gasteiger partial charge in [0.1, 0.15) is 6.61 Å². The molecule has 2 saturated heterocycles. The third-order valence-electron chi connectivity index (χ3n) is 4.34. The van der Waals surface area contributed by atoms with Crippen molar-refractivity contribution in [2.75, 3.05) is 13.2 Å². The van der Waals surface area contributed by atoms with E-state index in [-0.39, 0.29) is 19.8 Å². The lowest BCUT2D eigenvalue weighted by molar-refractivity contribution is -0.143. The van der Waals surface area contributed by atoms with Crippen LogP contribution in [0.3, 0.4) is 0 Å². The smallest absolute Gasteiger partial charge is 0.413 e. The van der Waals surface area contributed by atoms with E-state index in [1.807, 2.05) is 44.2 Å². The number of nitrogens with zero attached hydrogens (tertiary/aromatic N) is 1. The molecule has 7 nitrogen and oxygen atoms in total. The van der Waals surface area contributed by atoms with Gasteiger partial charge < -0.3 is 19.3 Å². The number of rotatable bonds is 3. The molecule has 130 valence electrons. The fourth-order valence-corrected chi connectivity index (χ4v) is 3.25. The van der Waals surface area contributed by atoms with Crippen molar-refractivity contribution in [1.82, 2.24) is 4.90 Å². The number of carbonyl (C=O) groups is 2. The Labute approximate surface area is 140 Å². The molecule has 0 radical (unpaired) electrons. The molecule has 3 rings (SSSR count). The Morgan fingerprint density at radius 1 is 1.29 bits per heavy atom. The fourth-order valence-electron chi connectivity index (χ4n) is 3.25. The van der Waals surface area contributed by atoms with Crippen LogP contribution in [0.2, 0.25) is 0 Å². The second kappa shape index (κ2) is 6.07. The summed E-state index contributed by atoms with van der Waals surface area (Å²) in [6.07, 6.45) is -0.311. The summed E-state index contributed by atoms with van der Waals surface area (Å²) in [6, 6.07) is 8.15. The van der Waals surface area contributed by atoms with E-state index >= 15 is 0 Å². The molecule has 2 heterocycles. The van der Waals surface area contributed by atoms with Gasteiger partial charge in [0.2, 0.25) is 0 Å². The van der Waals surface area contributed by atoms with Crippen molar-refractivity contribution >= 4 is 12.1 Å². The number of benzene rings is 1. The largest absolute Gasteiger partial charge is 0.480 e. The van der Waals surface area contributed by atoms with Gasteiger partial charge in [0.25, 0.3) is 0 Å². The van der Waals surface area contributed by atoms with Crippen LogP contribution in [-0.4, -0.2) is 52.7 Å². The highest BCUT2D eigenvalue weighted by atomic mass is 16.6. The Bertz CT molecular complexity index is 631. The highest BCUT2D eigenvalue weighted by molar-refractivity contribution is 5.81. The maximum Gasteiger partial charge on any atom is 0.413 e. The summed E-state index contributed by atoms with van der Waals surface area (Å²) in [5.74, 6) is -1.12. The van der Waals surface area contributed by atoms with Crippen LogP contribution < -0.4 is 0 Å². The molecule has 24 heavy (non-hydrogen) atoms. The van der Waals surface area contributed by atoms with Crippen LogP contribution >= 0.6 is 0 Å². The Kier molecular flexibility index (Phi) is 4.23. The Hall–Kier alpha value is -2.12. The second-order valence-corrected chi connectivity index (χ2v) is 6.75. The molecule has 1 amide bonds. The SMILES string of the molecule is CC1(C)CC2(CO1)OCC(C(=O)O)N2C(=O)OCc1ccccc1. The predicted molar refractivity (Wildman–Crippen MR) is 83.2 cm³/mol. The molecule has 0 aliphatic carbocycles. The number of carbonyl (C=O) groups excluding carboxylic acids is 1. The summed E-state index contributed by atoms with van der Waals surface area (Å²) < 4.78 is 16.7. The number of ether oxygens (including phenoxy) is 3. The van der Waals surface area contributed by atoms with E-state index in [1.165, 1.54) is 4.90 Å². The maximum absolute atomic E-state index is 12.6. The standard InChI is InChI=1S/C17H21NO6/c1-16(2)10-17(11-24-16)18(13(9-23-17)14(19)20)15(21)22-8-12-6-4-3-5-7-12/h3-7,13H,8-11H2,1-2H3,(H,19,20). The minimum absolute atomic E-state index is 0.0723. The van der Waals surface area contributed by atoms with Crippen molar-refractivity contribution in [3.8, 4) is 0 Å². The van der Waals surface area contributed by atoms with Gasteiger partial charge in [-0.1, -0.05) is 30.3 Å². The zero-order valence-corrected chi connectivity index (χ0v) is 13.7. The summed E-state index contributed by atoms with van der Waals surface area (Å²) >= 11 is 0. The molecule has 1 aromatic rings. The second-order valence-electron chi connectivity index (χ2n) is 6.75. The van der Waals surface area contributed by atoms with Crippen LogP contribution in [0.5, 0.6) is 0 Å². The van der Waals surface area contributed by atoms with Crippen LogP contribution in [0, 0.1) is 0 Å². The van der Waals surface area contributed by atoms with Gasteiger partial charge in [0, 0.05) is 6.42 Å². The highest BCUT2D eigenvalue weighted by Crippen LogP contribution is 2.42. The molecule has 7 heteroatoms. The average molecular weight is 335 g/mol. The molecule has 2 unspecified atom stereocenters. The lowest BCUT2D eigenvalue weighted by Gasteiger charge is -2.33. The lowest BCUT2D eigenvalue weighted by atomic mass is 9.99. The number of hydrogen-bond donors (Lipinski definition) is 1. The van der Waals surface area contributed by atoms with Gasteiger partial charge in [-0.3, -0.25) is 4.90 Å². The fraction of sp³-hybridized carbons (Fsp3) is 0.529. The van der Waals surface area contributed by atoms with Crippen LogP contribution in [0.25, 0.3) is 0 Å². The highest BCUT2D eigenvalue weighted by Gasteiger charge is 2.59. The number of carboxylic acids is 1. The predicted octanol–water partition coefficient (Wildman–Crippen LogP) is 2.00. The van der Waals surface area contributed by atoms with Crippen LogP contribution in [0.4, 0.5) is 4.79 Å². The molecule has 0 bridgehead atoms. The number of carboxylic acid groups (broad SMARTS) is 1. The van der Waals surface area contributed by atoms with Gasteiger partial charge in [-0.05, 0) is 19.4 Å². The van der Waals surface area contributed by atoms with Crippen molar-refractivity contribution in [3.63, 3.8) is 0 Å². The van der Waals surface area contributed by atoms with E-state index in [9.17, 15) is 14.7 Å². The summed E-state index contributed by atoms with van der Waals surface area (Å²) in [4.78, 5) is 25.3. The van der Waals surface area contributed by atoms with Crippen molar-refractivity contribution < 1.29 is 28.9 Å². The zero-order valence-electron chi connectivity index (χ0n) is 13.7. The van der Waals surface area contributed by atoms with Gasteiger partial charge in [-0.2, -0.15) is 0 Å². The molecule has 0 aromatic heterocycles. The van der Waals surface area contributed by atoms with Crippen LogP contribution in [0.15, 0.2) is 30.3 Å². The monoisotopic (exact) mass is 335 g/mol. The summed E-state index contributed by atoms with van der Waals surface area (Å²) in [6.45, 7) is 3.89. The van der Waals surface area contributed by atoms with Crippen molar-refractivity contribution in [3.05, 3.63) is 35.9 Å². The maximum atomic E-state index is 12.6. The number of aliphatic carboxylic acids is 1. The molecule has 1 N–H and O–H groups in total. The minimum atomic E-state index is -1.12. The average Bonchev–Trinajstić information content (AvgIpc) is 3.06. The summed E-state index contributed by atoms with van der Waals surface area (Å²) in [5, 5.41) is 9.42. The van der Waals surface area contributed by atoms with Gasteiger partial charge in [0.05, 0.1) is 18.8 Å². The first-order valence-corrected chi connectivity index (χ1v) is 7.84. The molecule has 2 aliphatic rings. The molecular weight excluding hydrogens is 314 g/mol. The minimum Gasteiger partial charge on any atom is -0.480 e. The zero-order chi connectivity index (χ0) is 17.4. The molecule has 2 aliphatic heterocycles. The Morgan fingerprint density at radius 3 is 2.58 bits per heavy atom. The van der Waals surface area contributed by atoms with Gasteiger partial charge in [0.15, 0.2) is 11.8 Å². The van der Waals surface area contributed by atoms with Gasteiger partial charge >= 0.3 is 12.1 Å². The van der Waals surface area contributed by atoms with E-state index < -0.39 is 29.4 Å². The van der Waals surface area contributed by atoms with E-state index in [2.05, 4.69) is 0 Å². The van der Waals surface area contributed by atoms with Crippen molar-refractivity contribution in [1.29, 1.82) is 0 Å². The first-order valence-electron chi connectivity index (χ1n) is 7.84. The van der Waals surface area contributed by atoms with E-state index in [0.717, 1.165) is 5.56 Å². The van der Waals surface area contributed by atoms with E-state index in [0.29, 0.717) is 6.42 Å². The molecule has 1 aromatic carbocycles. The number of hydrogen-bond acceptors (Lipinski definition) is 5. The first-order chi connectivity index (χ1) is 11.3. The Balaban J connectivity index is 1.78. The molecule has 1 spiro atoms. The third-order valence-corrected chi connectivity index (χ3v) is 4.34. The van der Waals surface area contributed by atoms with Gasteiger partial charge in [-0.15, -0.1) is 0 Å². The normalized spacial score (nSPS) is 28.2. The van der Waals surface area contributed by atoms with Crippen LogP contribution in [-0.2, 0) is 25.6 Å². The Morgan fingerprint density at radius 2 is 2.00 bits per heavy atom. The quantitative estimate of drug-likeness (QED) is 0.909.